The second-order valence-electron chi connectivity index (χ2n) is 10.2. The summed E-state index contributed by atoms with van der Waals surface area (Å²) in [7, 11) is -3.04. The monoisotopic (exact) mass is 486 g/mol. The third-order valence-corrected chi connectivity index (χ3v) is 11.8. The van der Waals surface area contributed by atoms with Crippen LogP contribution in [0.1, 0.15) is 42.1 Å². The minimum Gasteiger partial charge on any atom is -0.463 e. The first-order chi connectivity index (χ1) is 17.5. The molecule has 2 heterocycles. The van der Waals surface area contributed by atoms with Gasteiger partial charge in [0.15, 0.2) is 0 Å². The highest BCUT2D eigenvalue weighted by atomic mass is 31.2. The molecule has 1 atom stereocenters. The molecule has 0 saturated carbocycles. The number of hydrogen-bond acceptors (Lipinski definition) is 2. The summed E-state index contributed by atoms with van der Waals surface area (Å²) in [6.07, 6.45) is 0. The van der Waals surface area contributed by atoms with Crippen LogP contribution in [0.4, 0.5) is 0 Å². The Morgan fingerprint density at radius 1 is 0.694 bits per heavy atom. The van der Waals surface area contributed by atoms with E-state index in [2.05, 4.69) is 92.7 Å². The van der Waals surface area contributed by atoms with Gasteiger partial charge < -0.3 is 8.98 Å². The molecule has 5 aromatic rings. The molecule has 0 bridgehead atoms. The van der Waals surface area contributed by atoms with E-state index in [9.17, 15) is 0 Å². The van der Waals surface area contributed by atoms with E-state index < -0.39 is 12.6 Å². The lowest BCUT2D eigenvalue weighted by atomic mass is 9.70. The molecule has 36 heavy (non-hydrogen) atoms. The van der Waals surface area contributed by atoms with Crippen molar-refractivity contribution < 1.29 is 8.98 Å². The average Bonchev–Trinajstić information content (AvgIpc) is 3.42. The number of aryl methyl sites for hydroxylation is 1. The van der Waals surface area contributed by atoms with E-state index in [1.54, 1.807) is 0 Å². The van der Waals surface area contributed by atoms with Crippen molar-refractivity contribution in [3.8, 4) is 22.3 Å². The molecule has 0 fully saturated rings. The predicted molar refractivity (Wildman–Crippen MR) is 148 cm³/mol. The average molecular weight is 487 g/mol. The molecule has 0 amide bonds. The maximum absolute atomic E-state index is 15.5. The summed E-state index contributed by atoms with van der Waals surface area (Å²) in [5, 5.41) is 1.85. The minimum absolute atomic E-state index is 0.0684. The van der Waals surface area contributed by atoms with Crippen molar-refractivity contribution in [3.63, 3.8) is 0 Å². The van der Waals surface area contributed by atoms with Crippen molar-refractivity contribution in [1.82, 2.24) is 0 Å². The summed E-state index contributed by atoms with van der Waals surface area (Å²) in [6, 6.07) is 36.0. The van der Waals surface area contributed by atoms with Gasteiger partial charge in [-0.25, -0.2) is 0 Å². The zero-order chi connectivity index (χ0) is 24.7. The van der Waals surface area contributed by atoms with Crippen LogP contribution in [0, 0.1) is 6.92 Å². The molecule has 0 saturated heterocycles. The molecule has 7 rings (SSSR count). The van der Waals surface area contributed by atoms with E-state index in [-0.39, 0.29) is 5.66 Å². The minimum atomic E-state index is -3.04. The van der Waals surface area contributed by atoms with E-state index in [0.29, 0.717) is 0 Å². The Labute approximate surface area is 212 Å². The van der Waals surface area contributed by atoms with Gasteiger partial charge in [0, 0.05) is 16.5 Å². The summed E-state index contributed by atoms with van der Waals surface area (Å²) in [4.78, 5) is 0. The van der Waals surface area contributed by atoms with Crippen molar-refractivity contribution in [2.45, 2.75) is 31.8 Å². The molecule has 1 unspecified atom stereocenters. The molecular weight excluding hydrogens is 459 g/mol. The van der Waals surface area contributed by atoms with E-state index >= 15 is 4.57 Å². The van der Waals surface area contributed by atoms with Gasteiger partial charge in [-0.05, 0) is 40.3 Å². The van der Waals surface area contributed by atoms with Gasteiger partial charge in [0.05, 0.1) is 5.30 Å². The Kier molecular flexibility index (Phi) is 4.48. The first-order valence-electron chi connectivity index (χ1n) is 12.6. The Morgan fingerprint density at radius 2 is 1.22 bits per heavy atom. The van der Waals surface area contributed by atoms with Gasteiger partial charge in [-0.3, -0.25) is 0 Å². The highest BCUT2D eigenvalue weighted by Crippen LogP contribution is 2.65. The molecule has 0 radical (unpaired) electrons. The molecule has 3 heteroatoms. The molecule has 1 aromatic heterocycles. The van der Waals surface area contributed by atoms with E-state index in [1.807, 2.05) is 31.2 Å². The van der Waals surface area contributed by atoms with Crippen molar-refractivity contribution in [2.75, 3.05) is 0 Å². The van der Waals surface area contributed by atoms with E-state index in [4.69, 9.17) is 4.42 Å². The van der Waals surface area contributed by atoms with Gasteiger partial charge in [0.2, 0.25) is 0 Å². The predicted octanol–water partition coefficient (Wildman–Crippen LogP) is 7.65. The highest BCUT2D eigenvalue weighted by molar-refractivity contribution is 7.79. The van der Waals surface area contributed by atoms with Crippen molar-refractivity contribution in [2.24, 2.45) is 0 Å². The van der Waals surface area contributed by atoms with Crippen molar-refractivity contribution in [3.05, 3.63) is 131 Å². The van der Waals surface area contributed by atoms with Crippen LogP contribution in [-0.4, -0.2) is 5.66 Å². The van der Waals surface area contributed by atoms with Gasteiger partial charge in [-0.1, -0.05) is 117 Å². The summed E-state index contributed by atoms with van der Waals surface area (Å²) in [6.45, 7) is 6.20. The zero-order valence-corrected chi connectivity index (χ0v) is 21.6. The summed E-state index contributed by atoms with van der Waals surface area (Å²) in [5.74, 6) is 1.65. The first kappa shape index (κ1) is 21.7. The molecule has 176 valence electrons. The third-order valence-electron chi connectivity index (χ3n) is 8.14. The lowest BCUT2D eigenvalue weighted by Gasteiger charge is -2.41. The van der Waals surface area contributed by atoms with Crippen LogP contribution in [0.15, 0.2) is 108 Å². The van der Waals surface area contributed by atoms with Gasteiger partial charge in [-0.15, -0.1) is 0 Å². The second-order valence-corrected chi connectivity index (χ2v) is 13.5. The van der Waals surface area contributed by atoms with Crippen LogP contribution in [-0.2, 0) is 9.98 Å². The van der Waals surface area contributed by atoms with Crippen LogP contribution in [0.25, 0.3) is 22.3 Å². The Balaban J connectivity index is 1.74. The van der Waals surface area contributed by atoms with E-state index in [0.717, 1.165) is 38.8 Å². The Morgan fingerprint density at radius 3 is 1.83 bits per heavy atom. The number of benzene rings is 4. The lowest BCUT2D eigenvalue weighted by Crippen LogP contribution is -2.44. The van der Waals surface area contributed by atoms with Gasteiger partial charge in [0.1, 0.15) is 24.1 Å². The smallest absolute Gasteiger partial charge is 0.150 e. The Hall–Kier alpha value is -3.61. The summed E-state index contributed by atoms with van der Waals surface area (Å²) < 4.78 is 22.4. The molecule has 2 aliphatic rings. The fourth-order valence-electron chi connectivity index (χ4n) is 6.68. The molecule has 4 aromatic carbocycles. The molecule has 1 aliphatic heterocycles. The second kappa shape index (κ2) is 7.45. The maximum atomic E-state index is 15.5. The molecular formula is C33H27O2P. The SMILES string of the molecule is Cc1oc2c(c1-c1ccccc1)P(=O)(C(C)C)c1ccccc1C21c2ccccc2-c2ccccc21. The number of rotatable bonds is 2. The molecule has 2 nitrogen and oxygen atoms in total. The van der Waals surface area contributed by atoms with Crippen LogP contribution < -0.4 is 10.6 Å². The Bertz CT molecular complexity index is 1660. The quantitative estimate of drug-likeness (QED) is 0.235. The van der Waals surface area contributed by atoms with Gasteiger partial charge in [0.25, 0.3) is 0 Å². The number of furan rings is 1. The normalized spacial score (nSPS) is 18.6. The molecule has 0 N–H and O–H groups in total. The molecule has 1 spiro atoms. The topological polar surface area (TPSA) is 30.2 Å². The zero-order valence-electron chi connectivity index (χ0n) is 20.7. The number of hydrogen-bond donors (Lipinski definition) is 0. The van der Waals surface area contributed by atoms with Gasteiger partial charge >= 0.3 is 0 Å². The molecule has 1 aliphatic carbocycles. The standard InChI is InChI=1S/C33H27O2P/c1-21(2)36(34)29-20-12-11-19-28(29)33(26-17-9-7-15-24(26)25-16-8-10-18-27(25)33)32-31(36)30(22(3)35-32)23-13-5-4-6-14-23/h4-21H,1-3H3. The fraction of sp³-hybridized carbons (Fsp3) is 0.152. The van der Waals surface area contributed by atoms with Crippen molar-refractivity contribution in [1.29, 1.82) is 0 Å². The lowest BCUT2D eigenvalue weighted by molar-refractivity contribution is 0.447. The van der Waals surface area contributed by atoms with Crippen LogP contribution in [0.3, 0.4) is 0 Å². The van der Waals surface area contributed by atoms with Crippen LogP contribution >= 0.6 is 7.14 Å². The van der Waals surface area contributed by atoms with Crippen LogP contribution in [0.5, 0.6) is 0 Å². The summed E-state index contributed by atoms with van der Waals surface area (Å²) in [5.41, 5.74) is 7.22. The first-order valence-corrected chi connectivity index (χ1v) is 14.4. The number of fused-ring (bicyclic) bond motifs is 9. The van der Waals surface area contributed by atoms with Crippen molar-refractivity contribution >= 4 is 17.8 Å². The summed E-state index contributed by atoms with van der Waals surface area (Å²) >= 11 is 0. The fourth-order valence-corrected chi connectivity index (χ4v) is 10.0. The third kappa shape index (κ3) is 2.46. The largest absolute Gasteiger partial charge is 0.463 e. The van der Waals surface area contributed by atoms with E-state index in [1.165, 1.54) is 22.3 Å². The van der Waals surface area contributed by atoms with Crippen LogP contribution in [0.2, 0.25) is 0 Å². The maximum Gasteiger partial charge on any atom is 0.150 e. The van der Waals surface area contributed by atoms with Gasteiger partial charge in [-0.2, -0.15) is 0 Å². The highest BCUT2D eigenvalue weighted by Gasteiger charge is 2.58.